The molecule has 2 aromatic rings. The van der Waals surface area contributed by atoms with Crippen LogP contribution in [0.2, 0.25) is 0 Å². The van der Waals surface area contributed by atoms with Crippen LogP contribution in [-0.2, 0) is 9.84 Å². The van der Waals surface area contributed by atoms with Crippen LogP contribution in [0.5, 0.6) is 5.75 Å². The van der Waals surface area contributed by atoms with Crippen LogP contribution in [0.3, 0.4) is 0 Å². The van der Waals surface area contributed by atoms with Crippen molar-refractivity contribution in [2.75, 3.05) is 0 Å². The van der Waals surface area contributed by atoms with E-state index in [1.54, 1.807) is 30.3 Å². The first-order valence-electron chi connectivity index (χ1n) is 5.80. The van der Waals surface area contributed by atoms with Gasteiger partial charge in [0.15, 0.2) is 0 Å². The second-order valence-electron chi connectivity index (χ2n) is 4.03. The van der Waals surface area contributed by atoms with Crippen molar-refractivity contribution in [3.8, 4) is 5.75 Å². The molecule has 0 N–H and O–H groups in total. The van der Waals surface area contributed by atoms with E-state index in [2.05, 4.69) is 0 Å². The Morgan fingerprint density at radius 2 is 1.52 bits per heavy atom. The first kappa shape index (κ1) is 15.1. The van der Waals surface area contributed by atoms with E-state index in [-0.39, 0.29) is 5.56 Å². The van der Waals surface area contributed by atoms with Crippen molar-refractivity contribution in [1.82, 2.24) is 0 Å². The van der Waals surface area contributed by atoms with Gasteiger partial charge in [-0.1, -0.05) is 18.2 Å². The van der Waals surface area contributed by atoms with E-state index in [1.165, 1.54) is 0 Å². The first-order valence-corrected chi connectivity index (χ1v) is 7.35. The zero-order chi connectivity index (χ0) is 15.5. The van der Waals surface area contributed by atoms with E-state index in [0.717, 1.165) is 24.3 Å². The number of hydrogen-bond acceptors (Lipinski definition) is 4. The maximum atomic E-state index is 12.4. The lowest BCUT2D eigenvalue weighted by Crippen LogP contribution is -2.12. The van der Waals surface area contributed by atoms with Crippen molar-refractivity contribution < 1.29 is 26.7 Å². The average Bonchev–Trinajstić information content (AvgIpc) is 2.48. The molecule has 110 valence electrons. The van der Waals surface area contributed by atoms with Gasteiger partial charge in [-0.25, -0.2) is 13.2 Å². The van der Waals surface area contributed by atoms with Crippen LogP contribution in [0.15, 0.2) is 59.5 Å². The molecule has 21 heavy (non-hydrogen) atoms. The molecule has 2 aromatic carbocycles. The standard InChI is InChI=1S/C14H10F2O4S/c15-14(16)21(18,19)12-8-6-10(7-9-12)13(17)20-11-4-2-1-3-5-11/h1-9,14H. The quantitative estimate of drug-likeness (QED) is 0.643. The van der Waals surface area contributed by atoms with Crippen LogP contribution in [0.1, 0.15) is 10.4 Å². The number of carbonyl (C=O) groups is 1. The summed E-state index contributed by atoms with van der Waals surface area (Å²) in [5.74, 6) is -3.88. The van der Waals surface area contributed by atoms with E-state index in [0.29, 0.717) is 5.75 Å². The molecule has 0 bridgehead atoms. The maximum absolute atomic E-state index is 12.4. The number of para-hydroxylation sites is 1. The summed E-state index contributed by atoms with van der Waals surface area (Å²) in [5.41, 5.74) is 0.0621. The number of hydrogen-bond donors (Lipinski definition) is 0. The van der Waals surface area contributed by atoms with Gasteiger partial charge in [0, 0.05) is 0 Å². The molecule has 7 heteroatoms. The number of esters is 1. The van der Waals surface area contributed by atoms with Crippen molar-refractivity contribution >= 4 is 15.8 Å². The number of halogens is 2. The molecule has 4 nitrogen and oxygen atoms in total. The third-order valence-corrected chi connectivity index (χ3v) is 4.01. The number of ether oxygens (including phenoxy) is 1. The molecule has 0 saturated heterocycles. The number of carbonyl (C=O) groups excluding carboxylic acids is 1. The highest BCUT2D eigenvalue weighted by molar-refractivity contribution is 7.91. The lowest BCUT2D eigenvalue weighted by atomic mass is 10.2. The summed E-state index contributed by atoms with van der Waals surface area (Å²) >= 11 is 0. The number of rotatable bonds is 4. The Labute approximate surface area is 119 Å². The number of benzene rings is 2. The minimum absolute atomic E-state index is 0.0621. The van der Waals surface area contributed by atoms with Crippen LogP contribution < -0.4 is 4.74 Å². The van der Waals surface area contributed by atoms with Gasteiger partial charge in [-0.05, 0) is 36.4 Å². The predicted molar refractivity (Wildman–Crippen MR) is 71.0 cm³/mol. The summed E-state index contributed by atoms with van der Waals surface area (Å²) < 4.78 is 52.2. The fourth-order valence-electron chi connectivity index (χ4n) is 1.54. The summed E-state index contributed by atoms with van der Waals surface area (Å²) in [5, 5.41) is 0. The van der Waals surface area contributed by atoms with Crippen LogP contribution >= 0.6 is 0 Å². The predicted octanol–water partition coefficient (Wildman–Crippen LogP) is 2.90. The van der Waals surface area contributed by atoms with Gasteiger partial charge >= 0.3 is 11.7 Å². The monoisotopic (exact) mass is 312 g/mol. The smallest absolute Gasteiger partial charge is 0.343 e. The van der Waals surface area contributed by atoms with E-state index < -0.39 is 26.5 Å². The largest absolute Gasteiger partial charge is 0.423 e. The minimum Gasteiger partial charge on any atom is -0.423 e. The van der Waals surface area contributed by atoms with Crippen LogP contribution in [0, 0.1) is 0 Å². The number of sulfone groups is 1. The van der Waals surface area contributed by atoms with Gasteiger partial charge in [0.25, 0.3) is 0 Å². The van der Waals surface area contributed by atoms with Crippen LogP contribution in [-0.4, -0.2) is 20.1 Å². The SMILES string of the molecule is O=C(Oc1ccccc1)c1ccc(S(=O)(=O)C(F)F)cc1. The second kappa shape index (κ2) is 6.01. The minimum atomic E-state index is -4.66. The molecule has 0 saturated carbocycles. The molecule has 0 atom stereocenters. The highest BCUT2D eigenvalue weighted by Crippen LogP contribution is 2.19. The Hall–Kier alpha value is -2.28. The zero-order valence-electron chi connectivity index (χ0n) is 10.6. The van der Waals surface area contributed by atoms with Gasteiger partial charge in [-0.2, -0.15) is 8.78 Å². The third kappa shape index (κ3) is 3.43. The molecular formula is C14H10F2O4S. The molecule has 0 fully saturated rings. The lowest BCUT2D eigenvalue weighted by Gasteiger charge is -2.06. The van der Waals surface area contributed by atoms with Crippen molar-refractivity contribution in [2.45, 2.75) is 10.7 Å². The summed E-state index contributed by atoms with van der Waals surface area (Å²) in [6.45, 7) is 0. The molecule has 0 aliphatic carbocycles. The van der Waals surface area contributed by atoms with Gasteiger partial charge in [0.05, 0.1) is 10.5 Å². The summed E-state index contributed by atoms with van der Waals surface area (Å²) in [4.78, 5) is 11.2. The summed E-state index contributed by atoms with van der Waals surface area (Å²) in [7, 11) is -4.66. The molecule has 0 unspecified atom stereocenters. The molecule has 0 spiro atoms. The second-order valence-corrected chi connectivity index (χ2v) is 5.95. The topological polar surface area (TPSA) is 60.4 Å². The summed E-state index contributed by atoms with van der Waals surface area (Å²) in [6.07, 6.45) is 0. The van der Waals surface area contributed by atoms with Gasteiger partial charge in [0.1, 0.15) is 5.75 Å². The molecular weight excluding hydrogens is 302 g/mol. The highest BCUT2D eigenvalue weighted by Gasteiger charge is 2.26. The van der Waals surface area contributed by atoms with Crippen molar-refractivity contribution in [1.29, 1.82) is 0 Å². The Morgan fingerprint density at radius 3 is 2.05 bits per heavy atom. The zero-order valence-corrected chi connectivity index (χ0v) is 11.4. The van der Waals surface area contributed by atoms with Crippen LogP contribution in [0.4, 0.5) is 8.78 Å². The Morgan fingerprint density at radius 1 is 0.952 bits per heavy atom. The Kier molecular flexibility index (Phi) is 4.32. The molecule has 0 aliphatic rings. The molecule has 0 radical (unpaired) electrons. The lowest BCUT2D eigenvalue weighted by molar-refractivity contribution is 0.0734. The Bertz CT molecular complexity index is 725. The van der Waals surface area contributed by atoms with Gasteiger partial charge in [0.2, 0.25) is 9.84 Å². The highest BCUT2D eigenvalue weighted by atomic mass is 32.2. The fourth-order valence-corrected chi connectivity index (χ4v) is 2.26. The normalized spacial score (nSPS) is 11.4. The molecule has 0 aliphatic heterocycles. The first-order chi connectivity index (χ1) is 9.91. The molecule has 0 aromatic heterocycles. The van der Waals surface area contributed by atoms with E-state index in [4.69, 9.17) is 4.74 Å². The summed E-state index contributed by atoms with van der Waals surface area (Å²) in [6, 6.07) is 12.4. The maximum Gasteiger partial charge on any atom is 0.343 e. The van der Waals surface area contributed by atoms with Gasteiger partial charge in [-0.3, -0.25) is 0 Å². The van der Waals surface area contributed by atoms with Crippen molar-refractivity contribution in [3.63, 3.8) is 0 Å². The van der Waals surface area contributed by atoms with Gasteiger partial charge < -0.3 is 4.74 Å². The van der Waals surface area contributed by atoms with E-state index in [9.17, 15) is 22.0 Å². The van der Waals surface area contributed by atoms with E-state index >= 15 is 0 Å². The molecule has 0 amide bonds. The third-order valence-electron chi connectivity index (χ3n) is 2.61. The Balaban J connectivity index is 2.18. The van der Waals surface area contributed by atoms with Crippen molar-refractivity contribution in [3.05, 3.63) is 60.2 Å². The van der Waals surface area contributed by atoms with Crippen molar-refractivity contribution in [2.24, 2.45) is 0 Å². The van der Waals surface area contributed by atoms with Crippen LogP contribution in [0.25, 0.3) is 0 Å². The molecule has 2 rings (SSSR count). The van der Waals surface area contributed by atoms with E-state index in [1.807, 2.05) is 0 Å². The number of alkyl halides is 2. The van der Waals surface area contributed by atoms with Gasteiger partial charge in [-0.15, -0.1) is 0 Å². The average molecular weight is 312 g/mol. The molecule has 0 heterocycles. The fraction of sp³-hybridized carbons (Fsp3) is 0.0714.